The lowest BCUT2D eigenvalue weighted by Crippen LogP contribution is -2.44. The average Bonchev–Trinajstić information content (AvgIpc) is 2.62. The van der Waals surface area contributed by atoms with E-state index in [1.165, 1.54) is 0 Å². The maximum Gasteiger partial charge on any atom is 0.294 e. The summed E-state index contributed by atoms with van der Waals surface area (Å²) in [6.45, 7) is 2.00. The molecule has 0 radical (unpaired) electrons. The molecule has 0 saturated heterocycles. The van der Waals surface area contributed by atoms with Crippen LogP contribution in [0, 0.1) is 0 Å². The van der Waals surface area contributed by atoms with Gasteiger partial charge in [0.25, 0.3) is 5.79 Å². The molecule has 4 heteroatoms. The van der Waals surface area contributed by atoms with Crippen molar-refractivity contribution in [1.29, 1.82) is 0 Å². The SMILES string of the molecule is COc1ccc2c(c1)C=CC1(O2)Oc2ccc(OC)cc2C=C1C. The van der Waals surface area contributed by atoms with E-state index in [1.807, 2.05) is 55.5 Å². The van der Waals surface area contributed by atoms with E-state index in [0.29, 0.717) is 0 Å². The van der Waals surface area contributed by atoms with E-state index in [-0.39, 0.29) is 0 Å². The van der Waals surface area contributed by atoms with E-state index >= 15 is 0 Å². The molecule has 0 aromatic heterocycles. The van der Waals surface area contributed by atoms with Crippen molar-refractivity contribution in [2.24, 2.45) is 0 Å². The number of ether oxygens (including phenoxy) is 4. The summed E-state index contributed by atoms with van der Waals surface area (Å²) in [6.07, 6.45) is 6.02. The van der Waals surface area contributed by atoms with Gasteiger partial charge in [0.1, 0.15) is 23.0 Å². The van der Waals surface area contributed by atoms with Gasteiger partial charge in [-0.1, -0.05) is 0 Å². The van der Waals surface area contributed by atoms with Crippen molar-refractivity contribution in [3.63, 3.8) is 0 Å². The van der Waals surface area contributed by atoms with Crippen molar-refractivity contribution in [3.05, 3.63) is 59.2 Å². The van der Waals surface area contributed by atoms with Crippen molar-refractivity contribution in [2.45, 2.75) is 12.7 Å². The molecule has 2 aromatic carbocycles. The Morgan fingerprint density at radius 3 is 2.04 bits per heavy atom. The van der Waals surface area contributed by atoms with Crippen LogP contribution in [-0.2, 0) is 0 Å². The second kappa shape index (κ2) is 5.34. The highest BCUT2D eigenvalue weighted by Gasteiger charge is 2.40. The third-order valence-corrected chi connectivity index (χ3v) is 4.36. The molecule has 0 bridgehead atoms. The minimum atomic E-state index is -0.914. The zero-order valence-corrected chi connectivity index (χ0v) is 13.8. The maximum atomic E-state index is 6.22. The number of rotatable bonds is 2. The van der Waals surface area contributed by atoms with E-state index in [4.69, 9.17) is 18.9 Å². The van der Waals surface area contributed by atoms with Gasteiger partial charge in [0, 0.05) is 22.8 Å². The first-order valence-corrected chi connectivity index (χ1v) is 7.76. The Morgan fingerprint density at radius 1 is 0.833 bits per heavy atom. The van der Waals surface area contributed by atoms with Gasteiger partial charge in [0.05, 0.1) is 14.2 Å². The van der Waals surface area contributed by atoms with Gasteiger partial charge < -0.3 is 18.9 Å². The van der Waals surface area contributed by atoms with Gasteiger partial charge in [-0.05, 0) is 55.5 Å². The van der Waals surface area contributed by atoms with Crippen LogP contribution in [0.5, 0.6) is 23.0 Å². The molecule has 2 heterocycles. The molecule has 24 heavy (non-hydrogen) atoms. The Morgan fingerprint density at radius 2 is 1.42 bits per heavy atom. The number of hydrogen-bond acceptors (Lipinski definition) is 4. The fourth-order valence-corrected chi connectivity index (χ4v) is 2.98. The molecule has 0 aliphatic carbocycles. The van der Waals surface area contributed by atoms with E-state index in [0.717, 1.165) is 39.7 Å². The maximum absolute atomic E-state index is 6.22. The van der Waals surface area contributed by atoms with Crippen LogP contribution in [0.1, 0.15) is 18.1 Å². The summed E-state index contributed by atoms with van der Waals surface area (Å²) in [5, 5.41) is 0. The molecule has 2 aliphatic rings. The second-order valence-electron chi connectivity index (χ2n) is 5.84. The first-order valence-electron chi connectivity index (χ1n) is 7.76. The molecule has 0 N–H and O–H groups in total. The van der Waals surface area contributed by atoms with Gasteiger partial charge >= 0.3 is 0 Å². The zero-order valence-electron chi connectivity index (χ0n) is 13.8. The topological polar surface area (TPSA) is 36.9 Å². The van der Waals surface area contributed by atoms with Gasteiger partial charge in [-0.3, -0.25) is 0 Å². The highest BCUT2D eigenvalue weighted by molar-refractivity contribution is 5.70. The van der Waals surface area contributed by atoms with Crippen LogP contribution in [-0.4, -0.2) is 20.0 Å². The Hall–Kier alpha value is -2.88. The molecule has 0 fully saturated rings. The Balaban J connectivity index is 1.73. The molecule has 0 amide bonds. The third-order valence-electron chi connectivity index (χ3n) is 4.36. The van der Waals surface area contributed by atoms with Crippen molar-refractivity contribution in [2.75, 3.05) is 14.2 Å². The van der Waals surface area contributed by atoms with E-state index in [9.17, 15) is 0 Å². The number of fused-ring (bicyclic) bond motifs is 2. The summed E-state index contributed by atoms with van der Waals surface area (Å²) < 4.78 is 23.0. The summed E-state index contributed by atoms with van der Waals surface area (Å²) in [7, 11) is 3.31. The quantitative estimate of drug-likeness (QED) is 0.826. The molecular formula is C20H18O4. The lowest BCUT2D eigenvalue weighted by atomic mass is 9.96. The van der Waals surface area contributed by atoms with E-state index in [2.05, 4.69) is 6.08 Å². The summed E-state index contributed by atoms with van der Waals surface area (Å²) in [5.41, 5.74) is 2.92. The number of hydrogen-bond donors (Lipinski definition) is 0. The first-order chi connectivity index (χ1) is 11.6. The molecule has 1 atom stereocenters. The van der Waals surface area contributed by atoms with Crippen LogP contribution in [0.4, 0.5) is 0 Å². The van der Waals surface area contributed by atoms with Crippen LogP contribution in [0.3, 0.4) is 0 Å². The molecule has 0 saturated carbocycles. The fraction of sp³-hybridized carbons (Fsp3) is 0.200. The first kappa shape index (κ1) is 14.7. The van der Waals surface area contributed by atoms with Gasteiger partial charge in [0.15, 0.2) is 0 Å². The van der Waals surface area contributed by atoms with Crippen molar-refractivity contribution in [3.8, 4) is 23.0 Å². The van der Waals surface area contributed by atoms with Gasteiger partial charge in [0.2, 0.25) is 0 Å². The van der Waals surface area contributed by atoms with Crippen LogP contribution < -0.4 is 18.9 Å². The smallest absolute Gasteiger partial charge is 0.294 e. The van der Waals surface area contributed by atoms with Gasteiger partial charge in [-0.15, -0.1) is 0 Å². The minimum Gasteiger partial charge on any atom is -0.497 e. The fourth-order valence-electron chi connectivity index (χ4n) is 2.98. The monoisotopic (exact) mass is 322 g/mol. The molecule has 4 rings (SSSR count). The highest BCUT2D eigenvalue weighted by atomic mass is 16.7. The van der Waals surface area contributed by atoms with Crippen molar-refractivity contribution in [1.82, 2.24) is 0 Å². The van der Waals surface area contributed by atoms with Crippen molar-refractivity contribution < 1.29 is 18.9 Å². The Kier molecular flexibility index (Phi) is 3.27. The average molecular weight is 322 g/mol. The highest BCUT2D eigenvalue weighted by Crippen LogP contribution is 2.43. The Bertz CT molecular complexity index is 862. The molecular weight excluding hydrogens is 304 g/mol. The number of methoxy groups -OCH3 is 2. The van der Waals surface area contributed by atoms with E-state index < -0.39 is 5.79 Å². The van der Waals surface area contributed by atoms with Crippen LogP contribution >= 0.6 is 0 Å². The molecule has 1 unspecified atom stereocenters. The molecule has 122 valence electrons. The molecule has 4 nitrogen and oxygen atoms in total. The summed E-state index contributed by atoms with van der Waals surface area (Å²) in [6, 6.07) is 11.5. The standard InChI is InChI=1S/C20H18O4/c1-13-10-15-12-17(22-3)5-7-19(15)24-20(13)9-8-14-11-16(21-2)4-6-18(14)23-20/h4-12H,1-3H3. The summed E-state index contributed by atoms with van der Waals surface area (Å²) in [5.74, 6) is 2.22. The minimum absolute atomic E-state index is 0.767. The lowest BCUT2D eigenvalue weighted by Gasteiger charge is -2.38. The van der Waals surface area contributed by atoms with Crippen LogP contribution in [0.25, 0.3) is 12.2 Å². The zero-order chi connectivity index (χ0) is 16.7. The normalized spacial score (nSPS) is 20.4. The lowest BCUT2D eigenvalue weighted by molar-refractivity contribution is -0.0411. The molecule has 1 spiro atoms. The van der Waals surface area contributed by atoms with Crippen molar-refractivity contribution >= 4 is 12.2 Å². The summed E-state index contributed by atoms with van der Waals surface area (Å²) in [4.78, 5) is 0. The number of benzene rings is 2. The largest absolute Gasteiger partial charge is 0.497 e. The van der Waals surface area contributed by atoms with Crippen LogP contribution in [0.2, 0.25) is 0 Å². The molecule has 2 aliphatic heterocycles. The van der Waals surface area contributed by atoms with Crippen LogP contribution in [0.15, 0.2) is 48.0 Å². The van der Waals surface area contributed by atoms with E-state index in [1.54, 1.807) is 14.2 Å². The molecule has 2 aromatic rings. The predicted octanol–water partition coefficient (Wildman–Crippen LogP) is 4.30. The van der Waals surface area contributed by atoms with Gasteiger partial charge in [-0.2, -0.15) is 0 Å². The van der Waals surface area contributed by atoms with Gasteiger partial charge in [-0.25, -0.2) is 0 Å². The Labute approximate surface area is 140 Å². The summed E-state index contributed by atoms with van der Waals surface area (Å²) >= 11 is 0. The predicted molar refractivity (Wildman–Crippen MR) is 92.7 cm³/mol. The second-order valence-corrected chi connectivity index (χ2v) is 5.84. The third kappa shape index (κ3) is 2.22.